The van der Waals surface area contributed by atoms with Crippen LogP contribution in [0.3, 0.4) is 0 Å². The molecule has 0 saturated carbocycles. The number of ketones is 5. The van der Waals surface area contributed by atoms with Crippen LogP contribution in [0.4, 0.5) is 0 Å². The molecule has 2 aliphatic heterocycles. The summed E-state index contributed by atoms with van der Waals surface area (Å²) in [7, 11) is 0. The van der Waals surface area contributed by atoms with Crippen LogP contribution in [-0.2, 0) is 65.6 Å². The van der Waals surface area contributed by atoms with Crippen molar-refractivity contribution < 1.29 is 63.0 Å². The van der Waals surface area contributed by atoms with Gasteiger partial charge in [0, 0.05) is 64.2 Å². The van der Waals surface area contributed by atoms with E-state index in [9.17, 15) is 63.0 Å². The highest BCUT2D eigenvalue weighted by Gasteiger charge is 2.32. The number of Topliss-reactive ketones (excluding diaryl/α,β-unsaturated/α-hetero) is 5. The van der Waals surface area contributed by atoms with Gasteiger partial charge in [-0.25, -0.2) is 0 Å². The number of rotatable bonds is 36. The molecular weight excluding hydrogens is 1400 g/mol. The predicted octanol–water partition coefficient (Wildman–Crippen LogP) is 1.29. The molecule has 0 aliphatic carbocycles. The molecule has 4 rings (SSSR count). The molecule has 6 amide bonds. The van der Waals surface area contributed by atoms with E-state index in [4.69, 9.17) is 40.1 Å². The van der Waals surface area contributed by atoms with Crippen molar-refractivity contribution in [2.45, 2.75) is 199 Å². The Balaban J connectivity index is 0.000000560. The standard InChI is InChI=1S/C41H69N9O7S.C33H54N8O6S/c1-3-27(2)39-35(53)16-12-30(8-4-5-19-42)36(54)25-49-32(18-22-58-26-38(56)46-21-17-37(55)50-39)34(52)15-11-29(7-6-20-47-41(44)45)24-48-33(40(43)57)23-28-9-13-31(51)14-10-28;1-3-21(2)31-28(44)19-40-25(13-16-48-20-30(46)37-15-12-29(45)41-31)27(43)11-8-23(5-4-14-38-33(35)36)18-39-26(32(34)47)17-22-6-9-24(42)10-7-22/h9-10,13-14,27,29-30,32-33,39,48-49,51H,3-8,11-12,15-26,42H2,1-2H3,(H2,43,57)(H,46,56)(H,50,55)(H4,44,45,47);6-7,9-10,21,23,25-26,31,39-40,42H,3-5,8,11-20H2,1-2H3,(H2,34,47)(H,37,46)(H,41,45)(H4,35,36,38)/t27-,29+,30+,32-,33-,39-;21-,23+,25-,26-,31-/m00/s1. The van der Waals surface area contributed by atoms with Gasteiger partial charge in [0.1, 0.15) is 28.8 Å². The van der Waals surface area contributed by atoms with Crippen LogP contribution in [0.25, 0.3) is 0 Å². The van der Waals surface area contributed by atoms with E-state index in [2.05, 4.69) is 52.5 Å². The molecule has 2 aromatic rings. The minimum Gasteiger partial charge on any atom is -0.508 e. The number of nitrogens with two attached hydrogens (primary N) is 7. The highest BCUT2D eigenvalue weighted by Crippen LogP contribution is 2.23. The number of guanidine groups is 2. The maximum Gasteiger partial charge on any atom is 0.234 e. The van der Waals surface area contributed by atoms with E-state index in [1.54, 1.807) is 48.5 Å². The van der Waals surface area contributed by atoms with E-state index in [1.165, 1.54) is 23.5 Å². The first kappa shape index (κ1) is 92.5. The second-order valence-corrected chi connectivity index (χ2v) is 29.8. The number of nitrogens with zero attached hydrogens (tertiary/aromatic N) is 2. The SMILES string of the molecule is CC[C@H](C)[C@@H]1NC(=O)CCNC(=O)CSCC[C@@H](C(=O)CC[C@@H](CCCN=C(N)N)CN[C@@H](Cc2ccc(O)cc2)C(N)=O)NCC(=O)[C@H](CCCCN)CCC1=O.CC[C@H](C)[C@@H]1NC(=O)CCNC(=O)CSCC[C@@H](C(=O)CC[C@@H](CCCN=C(N)N)CN[C@@H](Cc2ccc(O)cc2)C(N)=O)NCC1=O. The topological polar surface area (TPSA) is 531 Å². The van der Waals surface area contributed by atoms with Gasteiger partial charge in [-0.15, -0.1) is 0 Å². The summed E-state index contributed by atoms with van der Waals surface area (Å²) in [5.74, 6) is -1.83. The fourth-order valence-electron chi connectivity index (χ4n) is 12.3. The van der Waals surface area contributed by atoms with Crippen molar-refractivity contribution in [3.8, 4) is 11.5 Å². The number of aliphatic imine (C=N–C) groups is 2. The van der Waals surface area contributed by atoms with Crippen LogP contribution in [0.1, 0.15) is 161 Å². The maximum absolute atomic E-state index is 13.9. The molecule has 30 nitrogen and oxygen atoms in total. The third kappa shape index (κ3) is 39.7. The first-order valence-corrected chi connectivity index (χ1v) is 39.7. The number of nitrogens with one attached hydrogen (secondary N) is 8. The zero-order valence-electron chi connectivity index (χ0n) is 62.6. The van der Waals surface area contributed by atoms with Gasteiger partial charge in [0.15, 0.2) is 23.5 Å². The Morgan fingerprint density at radius 1 is 0.538 bits per heavy atom. The van der Waals surface area contributed by atoms with Crippen molar-refractivity contribution in [3.05, 3.63) is 59.7 Å². The minimum absolute atomic E-state index is 0.00176. The number of benzene rings is 2. The zero-order valence-corrected chi connectivity index (χ0v) is 64.3. The lowest BCUT2D eigenvalue weighted by Gasteiger charge is -2.25. The van der Waals surface area contributed by atoms with Gasteiger partial charge < -0.3 is 92.9 Å². The highest BCUT2D eigenvalue weighted by molar-refractivity contribution is 8.00. The average Bonchev–Trinajstić information content (AvgIpc) is 1.08. The van der Waals surface area contributed by atoms with E-state index in [-0.39, 0.29) is 169 Å². The molecule has 24 N–H and O–H groups in total. The molecule has 106 heavy (non-hydrogen) atoms. The Bertz CT molecular complexity index is 3110. The number of thioether (sulfide) groups is 2. The second-order valence-electron chi connectivity index (χ2n) is 27.6. The molecule has 0 bridgehead atoms. The third-order valence-electron chi connectivity index (χ3n) is 19.2. The van der Waals surface area contributed by atoms with Crippen LogP contribution in [0.5, 0.6) is 11.5 Å². The highest BCUT2D eigenvalue weighted by atomic mass is 32.2. The lowest BCUT2D eigenvalue weighted by molar-refractivity contribution is -0.130. The maximum atomic E-state index is 13.9. The van der Waals surface area contributed by atoms with Crippen LogP contribution in [0.2, 0.25) is 0 Å². The second kappa shape index (κ2) is 53.1. The van der Waals surface area contributed by atoms with E-state index in [1.807, 2.05) is 27.7 Å². The molecule has 32 heteroatoms. The van der Waals surface area contributed by atoms with E-state index in [0.29, 0.717) is 134 Å². The average molecular weight is 1520 g/mol. The van der Waals surface area contributed by atoms with Crippen LogP contribution >= 0.6 is 23.5 Å². The normalized spacial score (nSPS) is 20.7. The lowest BCUT2D eigenvalue weighted by atomic mass is 9.87. The molecule has 2 aromatic carbocycles. The number of phenolic OH excluding ortho intramolecular Hbond substituents is 2. The molecular formula is C74H123N17O13S2. The Hall–Kier alpha value is -7.75. The van der Waals surface area contributed by atoms with Crippen molar-refractivity contribution in [3.63, 3.8) is 0 Å². The first-order valence-electron chi connectivity index (χ1n) is 37.4. The number of primary amides is 2. The first-order chi connectivity index (χ1) is 50.6. The fraction of sp³-hybridized carbons (Fsp3) is 0.662. The van der Waals surface area contributed by atoms with E-state index >= 15 is 0 Å². The summed E-state index contributed by atoms with van der Waals surface area (Å²) in [5, 5.41) is 43.4. The number of phenols is 2. The Kier molecular flexibility index (Phi) is 46.3. The van der Waals surface area contributed by atoms with Crippen molar-refractivity contribution in [1.29, 1.82) is 0 Å². The molecule has 0 aromatic heterocycles. The Morgan fingerprint density at radius 3 is 1.35 bits per heavy atom. The van der Waals surface area contributed by atoms with E-state index in [0.717, 1.165) is 24.0 Å². The van der Waals surface area contributed by atoms with Gasteiger partial charge >= 0.3 is 0 Å². The van der Waals surface area contributed by atoms with E-state index < -0.39 is 54.0 Å². The molecule has 2 fully saturated rings. The summed E-state index contributed by atoms with van der Waals surface area (Å²) in [6.45, 7) is 10.00. The summed E-state index contributed by atoms with van der Waals surface area (Å²) in [4.78, 5) is 151. The summed E-state index contributed by atoms with van der Waals surface area (Å²) in [6.07, 6.45) is 9.41. The Morgan fingerprint density at radius 2 is 0.953 bits per heavy atom. The number of hydrogen-bond donors (Lipinski definition) is 17. The number of amides is 6. The van der Waals surface area contributed by atoms with Gasteiger partial charge in [0.05, 0.1) is 60.8 Å². The molecule has 2 heterocycles. The largest absolute Gasteiger partial charge is 0.508 e. The van der Waals surface area contributed by atoms with Crippen LogP contribution < -0.4 is 82.7 Å². The molecule has 2 aliphatic rings. The fourth-order valence-corrected chi connectivity index (χ4v) is 13.9. The van der Waals surface area contributed by atoms with Crippen LogP contribution in [-0.4, -0.2) is 205 Å². The number of carbonyl (C=O) groups is 11. The van der Waals surface area contributed by atoms with Gasteiger partial charge in [-0.05, 0) is 174 Å². The van der Waals surface area contributed by atoms with Gasteiger partial charge in [0.2, 0.25) is 35.4 Å². The molecule has 11 atom stereocenters. The molecule has 0 unspecified atom stereocenters. The number of aromatic hydroxyl groups is 2. The lowest BCUT2D eigenvalue weighted by Crippen LogP contribution is -2.50. The molecule has 594 valence electrons. The number of hydrogen-bond acceptors (Lipinski definition) is 22. The Labute approximate surface area is 633 Å². The van der Waals surface area contributed by atoms with Gasteiger partial charge in [0.25, 0.3) is 0 Å². The number of unbranched alkanes of at least 4 members (excludes halogenated alkanes) is 1. The van der Waals surface area contributed by atoms with Crippen molar-refractivity contribution >= 4 is 99.8 Å². The van der Waals surface area contributed by atoms with Gasteiger partial charge in [-0.3, -0.25) is 62.7 Å². The van der Waals surface area contributed by atoms with Crippen molar-refractivity contribution in [1.82, 2.24) is 42.5 Å². The smallest absolute Gasteiger partial charge is 0.234 e. The third-order valence-corrected chi connectivity index (χ3v) is 21.1. The van der Waals surface area contributed by atoms with Crippen LogP contribution in [0.15, 0.2) is 58.5 Å². The summed E-state index contributed by atoms with van der Waals surface area (Å²) >= 11 is 2.75. The zero-order chi connectivity index (χ0) is 78.3. The quantitative estimate of drug-likeness (QED) is 0.0260. The summed E-state index contributed by atoms with van der Waals surface area (Å²) in [6, 6.07) is 9.08. The molecule has 0 radical (unpaired) electrons. The molecule has 0 spiro atoms. The monoisotopic (exact) mass is 1520 g/mol. The summed E-state index contributed by atoms with van der Waals surface area (Å²) in [5.41, 5.74) is 40.9. The summed E-state index contributed by atoms with van der Waals surface area (Å²) < 4.78 is 0. The minimum atomic E-state index is -0.707. The van der Waals surface area contributed by atoms with Crippen LogP contribution in [0, 0.1) is 29.6 Å². The predicted molar refractivity (Wildman–Crippen MR) is 417 cm³/mol. The van der Waals surface area contributed by atoms with Crippen molar-refractivity contribution in [2.75, 3.05) is 81.9 Å². The molecule has 2 saturated heterocycles. The van der Waals surface area contributed by atoms with Gasteiger partial charge in [-0.1, -0.05) is 71.2 Å². The number of carbonyl (C=O) groups excluding carboxylic acids is 11. The van der Waals surface area contributed by atoms with Crippen molar-refractivity contribution in [2.24, 2.45) is 79.7 Å². The van der Waals surface area contributed by atoms with Gasteiger partial charge in [-0.2, -0.15) is 23.5 Å².